The molecule has 1 aromatic heterocycles. The molecule has 108 valence electrons. The minimum absolute atomic E-state index is 0.381. The molecular formula is C16H21ClN2S. The number of halogens is 1. The van der Waals surface area contributed by atoms with Crippen molar-refractivity contribution in [1.82, 2.24) is 4.90 Å². The zero-order valence-electron chi connectivity index (χ0n) is 12.0. The Morgan fingerprint density at radius 2 is 2.00 bits per heavy atom. The molecule has 0 radical (unpaired) electrons. The minimum Gasteiger partial charge on any atom is -0.333 e. The zero-order valence-corrected chi connectivity index (χ0v) is 13.5. The fourth-order valence-corrected chi connectivity index (χ4v) is 3.79. The van der Waals surface area contributed by atoms with Crippen LogP contribution in [0.2, 0.25) is 5.02 Å². The molecule has 0 saturated carbocycles. The van der Waals surface area contributed by atoms with Crippen molar-refractivity contribution in [3.05, 3.63) is 56.7 Å². The number of nitrogens with zero attached hydrogens (tertiary/aromatic N) is 1. The minimum atomic E-state index is 0.381. The molecule has 0 saturated heterocycles. The summed E-state index contributed by atoms with van der Waals surface area (Å²) in [5, 5.41) is 3.08. The van der Waals surface area contributed by atoms with Crippen molar-refractivity contribution in [3.8, 4) is 0 Å². The smallest absolute Gasteiger partial charge is 0.0453 e. The van der Waals surface area contributed by atoms with Crippen LogP contribution in [0.25, 0.3) is 0 Å². The summed E-state index contributed by atoms with van der Waals surface area (Å²) < 4.78 is 0. The molecular weight excluding hydrogens is 288 g/mol. The second kappa shape index (κ2) is 7.23. The van der Waals surface area contributed by atoms with Crippen LogP contribution < -0.4 is 5.73 Å². The van der Waals surface area contributed by atoms with E-state index in [1.165, 1.54) is 24.6 Å². The summed E-state index contributed by atoms with van der Waals surface area (Å²) in [7, 11) is 1.50. The molecule has 1 aromatic carbocycles. The lowest BCUT2D eigenvalue weighted by Crippen LogP contribution is -2.32. The molecule has 0 amide bonds. The molecule has 2 N–H and O–H groups in total. The standard InChI is InChI=1S/C15H16ClNS.CH5N/c1-11(13-4-2-3-5-14(13)16)17-8-6-15-12(10-17)7-9-18-15;1-2/h2-5,7,9,11H,6,8,10H2,1H3;2H2,1H3/t11-;/m1./s1. The predicted molar refractivity (Wildman–Crippen MR) is 88.4 cm³/mol. The van der Waals surface area contributed by atoms with E-state index in [0.717, 1.165) is 18.1 Å². The van der Waals surface area contributed by atoms with E-state index >= 15 is 0 Å². The molecule has 0 unspecified atom stereocenters. The third-order valence-corrected chi connectivity index (χ3v) is 5.11. The van der Waals surface area contributed by atoms with Gasteiger partial charge in [0.05, 0.1) is 0 Å². The van der Waals surface area contributed by atoms with Crippen LogP contribution in [-0.4, -0.2) is 18.5 Å². The fraction of sp³-hybridized carbons (Fsp3) is 0.375. The lowest BCUT2D eigenvalue weighted by atomic mass is 10.0. The fourth-order valence-electron chi connectivity index (χ4n) is 2.61. The summed E-state index contributed by atoms with van der Waals surface area (Å²) in [4.78, 5) is 4.06. The second-order valence-electron chi connectivity index (χ2n) is 4.79. The first-order valence-electron chi connectivity index (χ1n) is 6.87. The van der Waals surface area contributed by atoms with Gasteiger partial charge < -0.3 is 5.73 Å². The van der Waals surface area contributed by atoms with Gasteiger partial charge in [0.2, 0.25) is 0 Å². The molecule has 1 aliphatic heterocycles. The SMILES string of the molecule is CN.C[C@H](c1ccccc1Cl)N1CCc2sccc2C1. The number of fused-ring (bicyclic) bond motifs is 1. The molecule has 3 rings (SSSR count). The van der Waals surface area contributed by atoms with Crippen molar-refractivity contribution in [2.45, 2.75) is 25.9 Å². The van der Waals surface area contributed by atoms with Crippen LogP contribution in [0.15, 0.2) is 35.7 Å². The maximum Gasteiger partial charge on any atom is 0.0453 e. The van der Waals surface area contributed by atoms with E-state index in [4.69, 9.17) is 11.6 Å². The number of hydrogen-bond donors (Lipinski definition) is 1. The normalized spacial score (nSPS) is 16.0. The van der Waals surface area contributed by atoms with Crippen molar-refractivity contribution >= 4 is 22.9 Å². The van der Waals surface area contributed by atoms with Gasteiger partial charge in [-0.05, 0) is 49.0 Å². The first kappa shape index (κ1) is 15.5. The number of rotatable bonds is 2. The largest absolute Gasteiger partial charge is 0.333 e. The van der Waals surface area contributed by atoms with E-state index in [9.17, 15) is 0 Å². The Hall–Kier alpha value is -0.870. The van der Waals surface area contributed by atoms with Gasteiger partial charge in [-0.1, -0.05) is 29.8 Å². The first-order valence-corrected chi connectivity index (χ1v) is 8.13. The Balaban J connectivity index is 0.000000704. The first-order chi connectivity index (χ1) is 9.75. The predicted octanol–water partition coefficient (Wildman–Crippen LogP) is 4.10. The van der Waals surface area contributed by atoms with Gasteiger partial charge in [0.25, 0.3) is 0 Å². The summed E-state index contributed by atoms with van der Waals surface area (Å²) in [5.74, 6) is 0. The van der Waals surface area contributed by atoms with Crippen LogP contribution in [0.4, 0.5) is 0 Å². The van der Waals surface area contributed by atoms with Gasteiger partial charge in [0.15, 0.2) is 0 Å². The van der Waals surface area contributed by atoms with Gasteiger partial charge in [-0.25, -0.2) is 0 Å². The highest BCUT2D eigenvalue weighted by Crippen LogP contribution is 2.32. The molecule has 2 heterocycles. The molecule has 1 aliphatic rings. The second-order valence-corrected chi connectivity index (χ2v) is 6.19. The number of benzene rings is 1. The summed E-state index contributed by atoms with van der Waals surface area (Å²) in [6.45, 7) is 4.42. The highest BCUT2D eigenvalue weighted by atomic mass is 35.5. The molecule has 2 aromatic rings. The summed E-state index contributed by atoms with van der Waals surface area (Å²) in [5.41, 5.74) is 7.22. The average molecular weight is 309 g/mol. The maximum atomic E-state index is 6.29. The average Bonchev–Trinajstić information content (AvgIpc) is 2.96. The van der Waals surface area contributed by atoms with Crippen LogP contribution in [0.1, 0.15) is 29.0 Å². The molecule has 20 heavy (non-hydrogen) atoms. The molecule has 2 nitrogen and oxygen atoms in total. The van der Waals surface area contributed by atoms with Gasteiger partial charge in [-0.3, -0.25) is 4.90 Å². The van der Waals surface area contributed by atoms with E-state index < -0.39 is 0 Å². The van der Waals surface area contributed by atoms with E-state index in [1.807, 2.05) is 23.5 Å². The topological polar surface area (TPSA) is 29.3 Å². The molecule has 4 heteroatoms. The van der Waals surface area contributed by atoms with Crippen molar-refractivity contribution in [1.29, 1.82) is 0 Å². The van der Waals surface area contributed by atoms with Gasteiger partial charge in [0, 0.05) is 29.0 Å². The Labute approximate surface area is 130 Å². The lowest BCUT2D eigenvalue weighted by Gasteiger charge is -2.33. The van der Waals surface area contributed by atoms with E-state index in [2.05, 4.69) is 41.1 Å². The van der Waals surface area contributed by atoms with Crippen LogP contribution in [0, 0.1) is 0 Å². The Morgan fingerprint density at radius 3 is 2.75 bits per heavy atom. The Kier molecular flexibility index (Phi) is 5.61. The summed E-state index contributed by atoms with van der Waals surface area (Å²) >= 11 is 8.18. The number of hydrogen-bond acceptors (Lipinski definition) is 3. The van der Waals surface area contributed by atoms with Crippen molar-refractivity contribution in [3.63, 3.8) is 0 Å². The third kappa shape index (κ3) is 3.23. The molecule has 0 fully saturated rings. The zero-order chi connectivity index (χ0) is 14.5. The third-order valence-electron chi connectivity index (χ3n) is 3.74. The number of thiophene rings is 1. The van der Waals surface area contributed by atoms with Crippen LogP contribution >= 0.6 is 22.9 Å². The Bertz CT molecular complexity index is 553. The van der Waals surface area contributed by atoms with Crippen LogP contribution in [0.5, 0.6) is 0 Å². The van der Waals surface area contributed by atoms with Crippen LogP contribution in [-0.2, 0) is 13.0 Å². The van der Waals surface area contributed by atoms with Crippen molar-refractivity contribution in [2.24, 2.45) is 5.73 Å². The van der Waals surface area contributed by atoms with Gasteiger partial charge in [-0.15, -0.1) is 11.3 Å². The van der Waals surface area contributed by atoms with Gasteiger partial charge >= 0.3 is 0 Å². The highest BCUT2D eigenvalue weighted by Gasteiger charge is 2.23. The molecule has 0 bridgehead atoms. The lowest BCUT2D eigenvalue weighted by molar-refractivity contribution is 0.194. The number of nitrogens with two attached hydrogens (primary N) is 1. The van der Waals surface area contributed by atoms with Gasteiger partial charge in [-0.2, -0.15) is 0 Å². The molecule has 0 aliphatic carbocycles. The monoisotopic (exact) mass is 308 g/mol. The quantitative estimate of drug-likeness (QED) is 0.905. The summed E-state index contributed by atoms with van der Waals surface area (Å²) in [6.07, 6.45) is 1.17. The molecule has 1 atom stereocenters. The van der Waals surface area contributed by atoms with Crippen molar-refractivity contribution < 1.29 is 0 Å². The van der Waals surface area contributed by atoms with Gasteiger partial charge in [0.1, 0.15) is 0 Å². The Morgan fingerprint density at radius 1 is 1.25 bits per heavy atom. The summed E-state index contributed by atoms with van der Waals surface area (Å²) in [6, 6.07) is 10.8. The van der Waals surface area contributed by atoms with Crippen molar-refractivity contribution in [2.75, 3.05) is 13.6 Å². The van der Waals surface area contributed by atoms with E-state index in [-0.39, 0.29) is 0 Å². The van der Waals surface area contributed by atoms with Crippen LogP contribution in [0.3, 0.4) is 0 Å². The maximum absolute atomic E-state index is 6.29. The molecule has 0 spiro atoms. The highest BCUT2D eigenvalue weighted by molar-refractivity contribution is 7.10. The van der Waals surface area contributed by atoms with E-state index in [0.29, 0.717) is 6.04 Å². The van der Waals surface area contributed by atoms with E-state index in [1.54, 1.807) is 4.88 Å².